The summed E-state index contributed by atoms with van der Waals surface area (Å²) in [5.74, 6) is 2.30. The molecule has 0 amide bonds. The third-order valence-electron chi connectivity index (χ3n) is 3.21. The first-order valence-electron chi connectivity index (χ1n) is 5.07. The molecule has 0 N–H and O–H groups in total. The van der Waals surface area contributed by atoms with Gasteiger partial charge < -0.3 is 4.74 Å². The van der Waals surface area contributed by atoms with Crippen LogP contribution in [0, 0.1) is 0 Å². The van der Waals surface area contributed by atoms with Crippen LogP contribution < -0.4 is 4.74 Å². The van der Waals surface area contributed by atoms with Gasteiger partial charge in [0, 0.05) is 5.56 Å². The topological polar surface area (TPSA) is 9.23 Å². The Balaban J connectivity index is 2.39. The van der Waals surface area contributed by atoms with Crippen molar-refractivity contribution in [3.05, 3.63) is 42.0 Å². The highest BCUT2D eigenvalue weighted by molar-refractivity contribution is 5.53. The summed E-state index contributed by atoms with van der Waals surface area (Å²) in [6.45, 7) is 6.08. The van der Waals surface area contributed by atoms with E-state index in [1.54, 1.807) is 7.11 Å². The van der Waals surface area contributed by atoms with E-state index in [1.165, 1.54) is 11.1 Å². The molecule has 0 saturated heterocycles. The predicted molar refractivity (Wildman–Crippen MR) is 59.0 cm³/mol. The van der Waals surface area contributed by atoms with Gasteiger partial charge in [-0.05, 0) is 29.9 Å². The maximum absolute atomic E-state index is 5.37. The first-order chi connectivity index (χ1) is 6.79. The Bertz CT molecular complexity index is 340. The molecular weight excluding hydrogens is 172 g/mol. The average Bonchev–Trinajstić information content (AvgIpc) is 2.24. The number of benzene rings is 1. The molecule has 2 atom stereocenters. The van der Waals surface area contributed by atoms with Gasteiger partial charge in [-0.2, -0.15) is 0 Å². The minimum atomic E-state index is 0.610. The van der Waals surface area contributed by atoms with E-state index < -0.39 is 0 Å². The predicted octanol–water partition coefficient (Wildman–Crippen LogP) is 3.47. The van der Waals surface area contributed by atoms with E-state index in [2.05, 4.69) is 25.6 Å². The largest absolute Gasteiger partial charge is 0.496 e. The van der Waals surface area contributed by atoms with Gasteiger partial charge in [-0.15, -0.1) is 6.58 Å². The van der Waals surface area contributed by atoms with E-state index in [1.807, 2.05) is 12.1 Å². The van der Waals surface area contributed by atoms with Crippen molar-refractivity contribution in [2.75, 3.05) is 7.11 Å². The van der Waals surface area contributed by atoms with E-state index in [4.69, 9.17) is 4.74 Å². The third-order valence-corrected chi connectivity index (χ3v) is 3.21. The van der Waals surface area contributed by atoms with Crippen LogP contribution in [0.2, 0.25) is 0 Å². The van der Waals surface area contributed by atoms with Gasteiger partial charge in [-0.25, -0.2) is 0 Å². The molecule has 1 nitrogen and oxygen atoms in total. The molecule has 0 aliphatic heterocycles. The normalized spacial score (nSPS) is 23.6. The van der Waals surface area contributed by atoms with Crippen molar-refractivity contribution in [3.8, 4) is 5.75 Å². The van der Waals surface area contributed by atoms with Gasteiger partial charge in [0.05, 0.1) is 7.11 Å². The van der Waals surface area contributed by atoms with Crippen LogP contribution in [0.3, 0.4) is 0 Å². The van der Waals surface area contributed by atoms with Gasteiger partial charge in [0.15, 0.2) is 0 Å². The standard InChI is InChI=1S/C13H16O/c1-4-6-10-9(2)11-7-5-8-12(14-3)13(10)11/h4-5,7-10H,1,6H2,2-3H3/t9-,10+/m1/s1. The SMILES string of the molecule is C=CC[C@@H]1c2c(OC)cccc2[C@@H]1C. The molecule has 0 heterocycles. The number of ether oxygens (including phenoxy) is 1. The minimum absolute atomic E-state index is 0.610. The lowest BCUT2D eigenvalue weighted by atomic mass is 9.67. The maximum Gasteiger partial charge on any atom is 0.122 e. The van der Waals surface area contributed by atoms with E-state index in [-0.39, 0.29) is 0 Å². The van der Waals surface area contributed by atoms with Crippen molar-refractivity contribution in [2.24, 2.45) is 0 Å². The van der Waals surface area contributed by atoms with Crippen molar-refractivity contribution >= 4 is 0 Å². The van der Waals surface area contributed by atoms with Gasteiger partial charge in [0.2, 0.25) is 0 Å². The summed E-state index contributed by atoms with van der Waals surface area (Å²) in [6, 6.07) is 6.31. The van der Waals surface area contributed by atoms with E-state index in [9.17, 15) is 0 Å². The molecule has 1 heteroatoms. The highest BCUT2D eigenvalue weighted by Gasteiger charge is 2.35. The van der Waals surface area contributed by atoms with Crippen molar-refractivity contribution in [3.63, 3.8) is 0 Å². The molecule has 0 radical (unpaired) electrons. The Morgan fingerprint density at radius 3 is 2.93 bits per heavy atom. The van der Waals surface area contributed by atoms with E-state index >= 15 is 0 Å². The molecule has 74 valence electrons. The molecule has 1 aliphatic carbocycles. The minimum Gasteiger partial charge on any atom is -0.496 e. The number of allylic oxidation sites excluding steroid dienone is 1. The molecule has 0 bridgehead atoms. The van der Waals surface area contributed by atoms with Crippen molar-refractivity contribution in [2.45, 2.75) is 25.2 Å². The lowest BCUT2D eigenvalue weighted by molar-refractivity contribution is 0.385. The van der Waals surface area contributed by atoms with Gasteiger partial charge in [0.1, 0.15) is 5.75 Å². The van der Waals surface area contributed by atoms with Crippen LogP contribution in [0.4, 0.5) is 0 Å². The number of hydrogen-bond donors (Lipinski definition) is 0. The van der Waals surface area contributed by atoms with Crippen LogP contribution >= 0.6 is 0 Å². The monoisotopic (exact) mass is 188 g/mol. The highest BCUT2D eigenvalue weighted by atomic mass is 16.5. The zero-order valence-corrected chi connectivity index (χ0v) is 8.79. The van der Waals surface area contributed by atoms with Crippen molar-refractivity contribution < 1.29 is 4.74 Å². The van der Waals surface area contributed by atoms with Crippen LogP contribution in [0.15, 0.2) is 30.9 Å². The fourth-order valence-electron chi connectivity index (χ4n) is 2.40. The summed E-state index contributed by atoms with van der Waals surface area (Å²) < 4.78 is 5.37. The van der Waals surface area contributed by atoms with Crippen LogP contribution in [0.1, 0.15) is 36.3 Å². The Kier molecular flexibility index (Phi) is 2.32. The average molecular weight is 188 g/mol. The molecule has 1 aromatic carbocycles. The first-order valence-corrected chi connectivity index (χ1v) is 5.07. The number of fused-ring (bicyclic) bond motifs is 1. The Hall–Kier alpha value is -1.24. The summed E-state index contributed by atoms with van der Waals surface area (Å²) >= 11 is 0. The second-order valence-electron chi connectivity index (χ2n) is 3.88. The highest BCUT2D eigenvalue weighted by Crippen LogP contribution is 2.52. The zero-order valence-electron chi connectivity index (χ0n) is 8.79. The molecule has 0 aromatic heterocycles. The van der Waals surface area contributed by atoms with Crippen molar-refractivity contribution in [1.82, 2.24) is 0 Å². The Morgan fingerprint density at radius 2 is 2.29 bits per heavy atom. The third kappa shape index (κ3) is 1.16. The second kappa shape index (κ2) is 3.49. The summed E-state index contributed by atoms with van der Waals surface area (Å²) in [4.78, 5) is 0. The van der Waals surface area contributed by atoms with Crippen molar-refractivity contribution in [1.29, 1.82) is 0 Å². The first kappa shape index (κ1) is 9.32. The molecule has 1 aliphatic rings. The Morgan fingerprint density at radius 1 is 1.50 bits per heavy atom. The maximum atomic E-state index is 5.37. The van der Waals surface area contributed by atoms with Crippen LogP contribution in [-0.4, -0.2) is 7.11 Å². The molecule has 0 unspecified atom stereocenters. The van der Waals surface area contributed by atoms with Crippen LogP contribution in [-0.2, 0) is 0 Å². The fraction of sp³-hybridized carbons (Fsp3) is 0.385. The van der Waals surface area contributed by atoms with E-state index in [0.29, 0.717) is 11.8 Å². The summed E-state index contributed by atoms with van der Waals surface area (Å²) in [5, 5.41) is 0. The quantitative estimate of drug-likeness (QED) is 0.660. The molecular formula is C13H16O. The summed E-state index contributed by atoms with van der Waals surface area (Å²) in [7, 11) is 1.74. The summed E-state index contributed by atoms with van der Waals surface area (Å²) in [5.41, 5.74) is 2.83. The van der Waals surface area contributed by atoms with E-state index in [0.717, 1.165) is 12.2 Å². The number of rotatable bonds is 3. The molecule has 14 heavy (non-hydrogen) atoms. The van der Waals surface area contributed by atoms with Crippen LogP contribution in [0.5, 0.6) is 5.75 Å². The van der Waals surface area contributed by atoms with Gasteiger partial charge in [0.25, 0.3) is 0 Å². The Labute approximate surface area is 85.4 Å². The smallest absolute Gasteiger partial charge is 0.122 e. The molecule has 2 rings (SSSR count). The number of hydrogen-bond acceptors (Lipinski definition) is 1. The van der Waals surface area contributed by atoms with Crippen LogP contribution in [0.25, 0.3) is 0 Å². The van der Waals surface area contributed by atoms with Gasteiger partial charge in [-0.3, -0.25) is 0 Å². The van der Waals surface area contributed by atoms with Gasteiger partial charge in [-0.1, -0.05) is 25.1 Å². The van der Waals surface area contributed by atoms with Gasteiger partial charge >= 0.3 is 0 Å². The lowest BCUT2D eigenvalue weighted by Gasteiger charge is -2.38. The summed E-state index contributed by atoms with van der Waals surface area (Å²) in [6.07, 6.45) is 3.05. The number of methoxy groups -OCH3 is 1. The zero-order chi connectivity index (χ0) is 10.1. The second-order valence-corrected chi connectivity index (χ2v) is 3.88. The lowest BCUT2D eigenvalue weighted by Crippen LogP contribution is -2.22. The fourth-order valence-corrected chi connectivity index (χ4v) is 2.40. The molecule has 0 spiro atoms. The molecule has 0 fully saturated rings. The molecule has 1 aromatic rings. The molecule has 0 saturated carbocycles.